The molecular formula is C13H22N4O3S. The molecule has 0 radical (unpaired) electrons. The van der Waals surface area contributed by atoms with Gasteiger partial charge in [0.05, 0.1) is 4.90 Å². The zero-order chi connectivity index (χ0) is 16.0. The van der Waals surface area contributed by atoms with E-state index in [-0.39, 0.29) is 24.0 Å². The van der Waals surface area contributed by atoms with Gasteiger partial charge in [-0.2, -0.15) is 0 Å². The Morgan fingerprint density at radius 1 is 1.29 bits per heavy atom. The summed E-state index contributed by atoms with van der Waals surface area (Å²) in [7, 11) is -0.357. The maximum Gasteiger partial charge on any atom is 0.316 e. The maximum atomic E-state index is 12.1. The van der Waals surface area contributed by atoms with Crippen molar-refractivity contribution in [2.45, 2.75) is 18.4 Å². The third-order valence-electron chi connectivity index (χ3n) is 2.94. The van der Waals surface area contributed by atoms with Gasteiger partial charge in [0.15, 0.2) is 0 Å². The minimum atomic E-state index is -3.58. The number of aryl methyl sites for hydroxylation is 1. The van der Waals surface area contributed by atoms with E-state index in [1.807, 2.05) is 6.92 Å². The van der Waals surface area contributed by atoms with Crippen molar-refractivity contribution < 1.29 is 13.2 Å². The molecular weight excluding hydrogens is 292 g/mol. The van der Waals surface area contributed by atoms with Gasteiger partial charge in [-0.15, -0.1) is 0 Å². The highest BCUT2D eigenvalue weighted by atomic mass is 32.2. The van der Waals surface area contributed by atoms with Crippen LogP contribution in [0, 0.1) is 6.92 Å². The number of hydrogen-bond acceptors (Lipinski definition) is 4. The summed E-state index contributed by atoms with van der Waals surface area (Å²) in [4.78, 5) is 12.8. The fourth-order valence-corrected chi connectivity index (χ4v) is 2.78. The Kier molecular flexibility index (Phi) is 6.13. The molecule has 0 atom stereocenters. The van der Waals surface area contributed by atoms with E-state index in [2.05, 4.69) is 10.0 Å². The highest BCUT2D eigenvalue weighted by molar-refractivity contribution is 7.89. The number of sulfonamides is 1. The zero-order valence-corrected chi connectivity index (χ0v) is 13.3. The van der Waals surface area contributed by atoms with Gasteiger partial charge in [-0.3, -0.25) is 0 Å². The Morgan fingerprint density at radius 3 is 2.48 bits per heavy atom. The van der Waals surface area contributed by atoms with Gasteiger partial charge in [0.2, 0.25) is 10.0 Å². The normalized spacial score (nSPS) is 11.2. The molecule has 4 N–H and O–H groups in total. The molecule has 1 rings (SSSR count). The number of nitrogens with two attached hydrogens (primary N) is 1. The van der Waals surface area contributed by atoms with Crippen LogP contribution in [0.4, 0.5) is 4.79 Å². The number of hydrogen-bond donors (Lipinski definition) is 3. The Labute approximate surface area is 125 Å². The second kappa shape index (κ2) is 7.39. The van der Waals surface area contributed by atoms with Crippen molar-refractivity contribution in [3.63, 3.8) is 0 Å². The third kappa shape index (κ3) is 5.00. The van der Waals surface area contributed by atoms with Crippen LogP contribution in [0.25, 0.3) is 0 Å². The first-order valence-electron chi connectivity index (χ1n) is 6.52. The first-order valence-corrected chi connectivity index (χ1v) is 8.00. The molecule has 0 aliphatic carbocycles. The summed E-state index contributed by atoms with van der Waals surface area (Å²) in [6.07, 6.45) is 0. The fourth-order valence-electron chi connectivity index (χ4n) is 1.66. The summed E-state index contributed by atoms with van der Waals surface area (Å²) >= 11 is 0. The topological polar surface area (TPSA) is 105 Å². The van der Waals surface area contributed by atoms with Crippen LogP contribution in [0.3, 0.4) is 0 Å². The van der Waals surface area contributed by atoms with E-state index in [0.717, 1.165) is 11.1 Å². The van der Waals surface area contributed by atoms with Crippen LogP contribution in [-0.4, -0.2) is 46.5 Å². The zero-order valence-electron chi connectivity index (χ0n) is 12.5. The van der Waals surface area contributed by atoms with E-state index >= 15 is 0 Å². The van der Waals surface area contributed by atoms with Crippen molar-refractivity contribution in [2.24, 2.45) is 5.73 Å². The largest absolute Gasteiger partial charge is 0.337 e. The van der Waals surface area contributed by atoms with E-state index in [1.165, 1.54) is 11.0 Å². The highest BCUT2D eigenvalue weighted by Gasteiger charge is 2.14. The number of amides is 2. The molecule has 0 aliphatic heterocycles. The number of carbonyl (C=O) groups excluding carboxylic acids is 1. The molecule has 2 amide bonds. The van der Waals surface area contributed by atoms with Gasteiger partial charge in [-0.1, -0.05) is 6.07 Å². The lowest BCUT2D eigenvalue weighted by Crippen LogP contribution is -2.39. The summed E-state index contributed by atoms with van der Waals surface area (Å²) < 4.78 is 26.6. The Balaban J connectivity index is 2.62. The lowest BCUT2D eigenvalue weighted by atomic mass is 10.1. The van der Waals surface area contributed by atoms with Crippen molar-refractivity contribution >= 4 is 16.1 Å². The van der Waals surface area contributed by atoms with Gasteiger partial charge in [0.1, 0.15) is 0 Å². The van der Waals surface area contributed by atoms with Gasteiger partial charge in [-0.25, -0.2) is 17.9 Å². The molecule has 0 fully saturated rings. The standard InChI is InChI=1S/C13H22N4O3S/c1-10-8-12(5-4-11(10)9-14)21(19,20)16-7-6-15-13(18)17(2)3/h4-5,8,16H,6-7,9,14H2,1-3H3,(H,15,18). The summed E-state index contributed by atoms with van der Waals surface area (Å²) in [5.41, 5.74) is 7.30. The number of nitrogens with one attached hydrogen (secondary N) is 2. The summed E-state index contributed by atoms with van der Waals surface area (Å²) in [5, 5.41) is 2.58. The lowest BCUT2D eigenvalue weighted by molar-refractivity contribution is 0.217. The molecule has 0 unspecified atom stereocenters. The molecule has 0 aliphatic rings. The number of nitrogens with zero attached hydrogens (tertiary/aromatic N) is 1. The lowest BCUT2D eigenvalue weighted by Gasteiger charge is -2.13. The van der Waals surface area contributed by atoms with Crippen LogP contribution in [0.15, 0.2) is 23.1 Å². The summed E-state index contributed by atoms with van der Waals surface area (Å²) in [6, 6.07) is 4.55. The summed E-state index contributed by atoms with van der Waals surface area (Å²) in [5.74, 6) is 0. The van der Waals surface area contributed by atoms with Crippen LogP contribution in [-0.2, 0) is 16.6 Å². The molecule has 1 aromatic rings. The number of carbonyl (C=O) groups is 1. The van der Waals surface area contributed by atoms with E-state index in [4.69, 9.17) is 5.73 Å². The fraction of sp³-hybridized carbons (Fsp3) is 0.462. The molecule has 0 aromatic heterocycles. The van der Waals surface area contributed by atoms with Crippen molar-refractivity contribution in [1.29, 1.82) is 0 Å². The highest BCUT2D eigenvalue weighted by Crippen LogP contribution is 2.14. The van der Waals surface area contributed by atoms with Gasteiger partial charge >= 0.3 is 6.03 Å². The van der Waals surface area contributed by atoms with Crippen molar-refractivity contribution in [1.82, 2.24) is 14.9 Å². The molecule has 21 heavy (non-hydrogen) atoms. The first-order chi connectivity index (χ1) is 9.77. The van der Waals surface area contributed by atoms with Crippen LogP contribution < -0.4 is 15.8 Å². The van der Waals surface area contributed by atoms with Gasteiger partial charge in [0, 0.05) is 33.7 Å². The molecule has 0 spiro atoms. The Morgan fingerprint density at radius 2 is 1.95 bits per heavy atom. The molecule has 0 saturated carbocycles. The van der Waals surface area contributed by atoms with Gasteiger partial charge in [-0.05, 0) is 30.2 Å². The molecule has 0 saturated heterocycles. The van der Waals surface area contributed by atoms with E-state index < -0.39 is 10.0 Å². The Bertz CT molecular complexity index is 599. The number of rotatable bonds is 6. The summed E-state index contributed by atoms with van der Waals surface area (Å²) in [6.45, 7) is 2.53. The smallest absolute Gasteiger partial charge is 0.316 e. The quantitative estimate of drug-likeness (QED) is 0.643. The predicted octanol–water partition coefficient (Wildman–Crippen LogP) is 0.00322. The molecule has 1 aromatic carbocycles. The van der Waals surface area contributed by atoms with E-state index in [1.54, 1.807) is 26.2 Å². The first kappa shape index (κ1) is 17.4. The average Bonchev–Trinajstić information content (AvgIpc) is 2.43. The molecule has 8 heteroatoms. The van der Waals surface area contributed by atoms with Crippen molar-refractivity contribution in [3.8, 4) is 0 Å². The Hall–Kier alpha value is -1.64. The third-order valence-corrected chi connectivity index (χ3v) is 4.40. The van der Waals surface area contributed by atoms with Gasteiger partial charge < -0.3 is 16.0 Å². The second-order valence-electron chi connectivity index (χ2n) is 4.82. The molecule has 0 heterocycles. The van der Waals surface area contributed by atoms with Crippen LogP contribution in [0.2, 0.25) is 0 Å². The number of urea groups is 1. The minimum Gasteiger partial charge on any atom is -0.337 e. The van der Waals surface area contributed by atoms with Crippen LogP contribution >= 0.6 is 0 Å². The minimum absolute atomic E-state index is 0.125. The van der Waals surface area contributed by atoms with E-state index in [9.17, 15) is 13.2 Å². The van der Waals surface area contributed by atoms with E-state index in [0.29, 0.717) is 6.54 Å². The average molecular weight is 314 g/mol. The SMILES string of the molecule is Cc1cc(S(=O)(=O)NCCNC(=O)N(C)C)ccc1CN. The predicted molar refractivity (Wildman–Crippen MR) is 81.3 cm³/mol. The monoisotopic (exact) mass is 314 g/mol. The van der Waals surface area contributed by atoms with Crippen molar-refractivity contribution in [3.05, 3.63) is 29.3 Å². The second-order valence-corrected chi connectivity index (χ2v) is 6.58. The molecule has 118 valence electrons. The maximum absolute atomic E-state index is 12.1. The molecule has 7 nitrogen and oxygen atoms in total. The van der Waals surface area contributed by atoms with Crippen molar-refractivity contribution in [2.75, 3.05) is 27.2 Å². The number of benzene rings is 1. The van der Waals surface area contributed by atoms with Gasteiger partial charge in [0.25, 0.3) is 0 Å². The molecule has 0 bridgehead atoms. The van der Waals surface area contributed by atoms with Crippen LogP contribution in [0.1, 0.15) is 11.1 Å². The van der Waals surface area contributed by atoms with Crippen LogP contribution in [0.5, 0.6) is 0 Å².